The molecule has 120 valence electrons. The number of fused-ring (bicyclic) bond motifs is 1. The molecule has 2 heterocycles. The first-order chi connectivity index (χ1) is 10.9. The van der Waals surface area contributed by atoms with Gasteiger partial charge in [-0.05, 0) is 26.0 Å². The fraction of sp³-hybridized carbons (Fsp3) is 0.267. The molecule has 0 amide bonds. The highest BCUT2D eigenvalue weighted by Crippen LogP contribution is 2.33. The van der Waals surface area contributed by atoms with Crippen LogP contribution < -0.4 is 10.1 Å². The number of nitrogens with two attached hydrogens (primary N) is 1. The third kappa shape index (κ3) is 2.91. The van der Waals surface area contributed by atoms with Crippen LogP contribution in [0.5, 0.6) is 0 Å². The summed E-state index contributed by atoms with van der Waals surface area (Å²) < 4.78 is 4.88. The summed E-state index contributed by atoms with van der Waals surface area (Å²) >= 11 is 9.24. The van der Waals surface area contributed by atoms with E-state index in [9.17, 15) is 0 Å². The number of rotatable bonds is 4. The van der Waals surface area contributed by atoms with Gasteiger partial charge in [0.05, 0.1) is 10.9 Å². The zero-order valence-electron chi connectivity index (χ0n) is 12.7. The number of nitrogens with zero attached hydrogens (tertiary/aromatic N) is 4. The Labute approximate surface area is 147 Å². The number of aromatic nitrogens is 4. The monoisotopic (exact) mass is 394 g/mol. The van der Waals surface area contributed by atoms with Gasteiger partial charge in [-0.2, -0.15) is 5.10 Å². The molecule has 8 heteroatoms. The Kier molecular flexibility index (Phi) is 4.27. The summed E-state index contributed by atoms with van der Waals surface area (Å²) in [7, 11) is 0. The Morgan fingerprint density at radius 1 is 1.26 bits per heavy atom. The number of nitrogens with one attached hydrogen (secondary N) is 1. The van der Waals surface area contributed by atoms with Gasteiger partial charge in [-0.15, -0.1) is 0 Å². The van der Waals surface area contributed by atoms with Gasteiger partial charge in [-0.25, -0.2) is 14.6 Å². The van der Waals surface area contributed by atoms with Crippen LogP contribution in [0.25, 0.3) is 22.3 Å². The van der Waals surface area contributed by atoms with Crippen molar-refractivity contribution in [3.05, 3.63) is 35.6 Å². The van der Waals surface area contributed by atoms with E-state index in [4.69, 9.17) is 22.4 Å². The summed E-state index contributed by atoms with van der Waals surface area (Å²) in [5.74, 6) is 0.411. The van der Waals surface area contributed by atoms with E-state index in [1.165, 1.54) is 6.33 Å². The number of halogens is 2. The molecule has 3 aromatic rings. The molecule has 0 unspecified atom stereocenters. The molecular formula is C15H16BrClN6. The third-order valence-electron chi connectivity index (χ3n) is 3.68. The van der Waals surface area contributed by atoms with Crippen LogP contribution in [-0.2, 0) is 5.54 Å². The molecule has 23 heavy (non-hydrogen) atoms. The van der Waals surface area contributed by atoms with Crippen molar-refractivity contribution in [2.24, 2.45) is 0 Å². The van der Waals surface area contributed by atoms with Crippen LogP contribution in [0.2, 0.25) is 5.02 Å². The van der Waals surface area contributed by atoms with Crippen LogP contribution in [0.3, 0.4) is 0 Å². The summed E-state index contributed by atoms with van der Waals surface area (Å²) in [6.45, 7) is 4.79. The van der Waals surface area contributed by atoms with Crippen LogP contribution in [0.1, 0.15) is 13.8 Å². The Balaban J connectivity index is 2.29. The molecule has 0 aliphatic rings. The average molecular weight is 396 g/mol. The van der Waals surface area contributed by atoms with Gasteiger partial charge in [-0.1, -0.05) is 23.7 Å². The highest BCUT2D eigenvalue weighted by molar-refractivity contribution is 9.08. The smallest absolute Gasteiger partial charge is 0.164 e. The maximum absolute atomic E-state index is 6.10. The molecule has 6 nitrogen and oxygen atoms in total. The van der Waals surface area contributed by atoms with E-state index in [-0.39, 0.29) is 5.54 Å². The molecule has 0 saturated carbocycles. The molecule has 0 spiro atoms. The van der Waals surface area contributed by atoms with Crippen molar-refractivity contribution in [3.8, 4) is 11.3 Å². The fourth-order valence-electron chi connectivity index (χ4n) is 2.44. The quantitative estimate of drug-likeness (QED) is 0.662. The SMILES string of the molecule is CC(C)(CNBr)n1nc(-c2ccc(Cl)cc2)c2c(N)ncnc21. The lowest BCUT2D eigenvalue weighted by molar-refractivity contribution is 0.333. The normalized spacial score (nSPS) is 12.0. The fourth-order valence-corrected chi connectivity index (χ4v) is 3.26. The van der Waals surface area contributed by atoms with Crippen LogP contribution in [0.4, 0.5) is 5.82 Å². The first-order valence-corrected chi connectivity index (χ1v) is 8.20. The van der Waals surface area contributed by atoms with Gasteiger partial charge in [-0.3, -0.25) is 4.34 Å². The maximum atomic E-state index is 6.10. The van der Waals surface area contributed by atoms with E-state index in [0.29, 0.717) is 23.0 Å². The van der Waals surface area contributed by atoms with E-state index in [1.807, 2.05) is 28.9 Å². The summed E-state index contributed by atoms with van der Waals surface area (Å²) in [6, 6.07) is 7.48. The molecule has 3 rings (SSSR count). The number of hydrogen-bond acceptors (Lipinski definition) is 5. The standard InChI is InChI=1S/C15H16BrClN6/c1-15(2,7-21-16)23-14-11(13(18)19-8-20-14)12(22-23)9-3-5-10(17)6-4-9/h3-6,8,21H,7H2,1-2H3,(H2,18,19,20). The zero-order valence-corrected chi connectivity index (χ0v) is 15.1. The predicted molar refractivity (Wildman–Crippen MR) is 96.4 cm³/mol. The lowest BCUT2D eigenvalue weighted by Gasteiger charge is -2.24. The van der Waals surface area contributed by atoms with Crippen LogP contribution in [0.15, 0.2) is 30.6 Å². The molecule has 2 aromatic heterocycles. The van der Waals surface area contributed by atoms with E-state index in [1.54, 1.807) is 0 Å². The van der Waals surface area contributed by atoms with E-state index in [0.717, 1.165) is 16.6 Å². The Morgan fingerprint density at radius 3 is 2.61 bits per heavy atom. The van der Waals surface area contributed by atoms with Crippen LogP contribution in [-0.4, -0.2) is 26.3 Å². The second-order valence-electron chi connectivity index (χ2n) is 5.85. The van der Waals surface area contributed by atoms with Crippen LogP contribution >= 0.6 is 27.7 Å². The Hall–Kier alpha value is -1.70. The zero-order chi connectivity index (χ0) is 16.6. The van der Waals surface area contributed by atoms with Crippen LogP contribution in [0, 0.1) is 0 Å². The number of hydrogen-bond donors (Lipinski definition) is 2. The van der Waals surface area contributed by atoms with Gasteiger partial charge in [0, 0.05) is 33.3 Å². The Bertz CT molecular complexity index is 843. The second kappa shape index (κ2) is 6.07. The van der Waals surface area contributed by atoms with Crippen molar-refractivity contribution < 1.29 is 0 Å². The van der Waals surface area contributed by atoms with Crippen molar-refractivity contribution in [1.29, 1.82) is 0 Å². The van der Waals surface area contributed by atoms with Crippen molar-refractivity contribution in [1.82, 2.24) is 24.1 Å². The van der Waals surface area contributed by atoms with Gasteiger partial charge in [0.15, 0.2) is 5.65 Å². The highest BCUT2D eigenvalue weighted by atomic mass is 79.9. The first-order valence-electron chi connectivity index (χ1n) is 7.03. The minimum absolute atomic E-state index is 0.312. The lowest BCUT2D eigenvalue weighted by Crippen LogP contribution is -2.36. The molecule has 0 atom stereocenters. The molecular weight excluding hydrogens is 380 g/mol. The summed E-state index contributed by atoms with van der Waals surface area (Å²) in [6.07, 6.45) is 1.46. The first kappa shape index (κ1) is 16.2. The summed E-state index contributed by atoms with van der Waals surface area (Å²) in [4.78, 5) is 8.51. The maximum Gasteiger partial charge on any atom is 0.164 e. The topological polar surface area (TPSA) is 81.7 Å². The average Bonchev–Trinajstić information content (AvgIpc) is 2.90. The van der Waals surface area contributed by atoms with Crippen molar-refractivity contribution in [2.45, 2.75) is 19.4 Å². The molecule has 0 fully saturated rings. The predicted octanol–water partition coefficient (Wildman–Crippen LogP) is 3.36. The molecule has 0 aliphatic carbocycles. The second-order valence-corrected chi connectivity index (χ2v) is 6.84. The summed E-state index contributed by atoms with van der Waals surface area (Å²) in [5.41, 5.74) is 8.16. The van der Waals surface area contributed by atoms with Crippen molar-refractivity contribution >= 4 is 44.6 Å². The molecule has 0 aliphatic heterocycles. The van der Waals surface area contributed by atoms with Gasteiger partial charge in [0.25, 0.3) is 0 Å². The molecule has 0 bridgehead atoms. The van der Waals surface area contributed by atoms with Gasteiger partial charge < -0.3 is 5.73 Å². The molecule has 0 saturated heterocycles. The summed E-state index contributed by atoms with van der Waals surface area (Å²) in [5, 5.41) is 6.19. The Morgan fingerprint density at radius 2 is 1.96 bits per heavy atom. The number of nitrogen functional groups attached to an aromatic ring is 1. The molecule has 1 aromatic carbocycles. The molecule has 3 N–H and O–H groups in total. The van der Waals surface area contributed by atoms with Crippen molar-refractivity contribution in [3.63, 3.8) is 0 Å². The number of anilines is 1. The highest BCUT2D eigenvalue weighted by Gasteiger charge is 2.27. The minimum Gasteiger partial charge on any atom is -0.383 e. The van der Waals surface area contributed by atoms with Gasteiger partial charge in [0.1, 0.15) is 17.8 Å². The minimum atomic E-state index is -0.312. The van der Waals surface area contributed by atoms with E-state index >= 15 is 0 Å². The van der Waals surface area contributed by atoms with Crippen molar-refractivity contribution in [2.75, 3.05) is 12.3 Å². The number of benzene rings is 1. The lowest BCUT2D eigenvalue weighted by atomic mass is 10.1. The van der Waals surface area contributed by atoms with E-state index < -0.39 is 0 Å². The third-order valence-corrected chi connectivity index (χ3v) is 4.22. The molecule has 0 radical (unpaired) electrons. The van der Waals surface area contributed by atoms with Gasteiger partial charge >= 0.3 is 0 Å². The largest absolute Gasteiger partial charge is 0.383 e. The van der Waals surface area contributed by atoms with E-state index in [2.05, 4.69) is 44.3 Å². The van der Waals surface area contributed by atoms with Gasteiger partial charge in [0.2, 0.25) is 0 Å².